The van der Waals surface area contributed by atoms with Crippen LogP contribution < -0.4 is 21.3 Å². The van der Waals surface area contributed by atoms with E-state index in [0.29, 0.717) is 19.6 Å². The number of aromatic hydroxyl groups is 1. The van der Waals surface area contributed by atoms with Gasteiger partial charge in [-0.25, -0.2) is 4.79 Å². The van der Waals surface area contributed by atoms with Crippen LogP contribution in [-0.4, -0.2) is 32.9 Å². The number of nitrogens with zero attached hydrogens (tertiary/aromatic N) is 2. The normalized spacial score (nSPS) is 16.2. The predicted octanol–water partition coefficient (Wildman–Crippen LogP) is 2.75. The zero-order valence-corrected chi connectivity index (χ0v) is 19.4. The number of rotatable bonds is 6. The fourth-order valence-electron chi connectivity index (χ4n) is 4.60. The minimum absolute atomic E-state index is 0.112. The maximum atomic E-state index is 13.5. The van der Waals surface area contributed by atoms with E-state index < -0.39 is 17.3 Å². The Morgan fingerprint density at radius 1 is 1.12 bits per heavy atom. The van der Waals surface area contributed by atoms with Crippen LogP contribution >= 0.6 is 0 Å². The van der Waals surface area contributed by atoms with Crippen LogP contribution in [0.4, 0.5) is 0 Å². The molecule has 0 fully saturated rings. The largest absolute Gasteiger partial charge is 0.497 e. The van der Waals surface area contributed by atoms with Crippen molar-refractivity contribution < 1.29 is 9.84 Å². The molecule has 32 heavy (non-hydrogen) atoms. The topological polar surface area (TPSA) is 101 Å². The number of methoxy groups -OCH3 is 1. The second-order valence-corrected chi connectivity index (χ2v) is 9.40. The summed E-state index contributed by atoms with van der Waals surface area (Å²) in [5.74, 6) is 0.755. The zero-order chi connectivity index (χ0) is 23.2. The lowest BCUT2D eigenvalue weighted by atomic mass is 9.95. The lowest BCUT2D eigenvalue weighted by Crippen LogP contribution is -2.45. The lowest BCUT2D eigenvalue weighted by Gasteiger charge is -2.27. The monoisotopic (exact) mass is 440 g/mol. The van der Waals surface area contributed by atoms with Gasteiger partial charge in [0.25, 0.3) is 5.56 Å². The van der Waals surface area contributed by atoms with Crippen LogP contribution in [0.15, 0.2) is 27.8 Å². The SMILES string of the molecule is COc1ccc2[nH]c3c(c2c1)CCN[C@@H]3c1c(O)n(CC(C)C)c(=O)n(CC(C)C)c1=O. The smallest absolute Gasteiger partial charge is 0.333 e. The summed E-state index contributed by atoms with van der Waals surface area (Å²) in [6, 6.07) is 5.30. The molecule has 8 nitrogen and oxygen atoms in total. The van der Waals surface area contributed by atoms with Crippen LogP contribution in [0.3, 0.4) is 0 Å². The minimum Gasteiger partial charge on any atom is -0.497 e. The van der Waals surface area contributed by atoms with Gasteiger partial charge in [0.15, 0.2) is 0 Å². The van der Waals surface area contributed by atoms with Gasteiger partial charge in [-0.05, 0) is 42.0 Å². The van der Waals surface area contributed by atoms with Gasteiger partial charge in [-0.2, -0.15) is 0 Å². The van der Waals surface area contributed by atoms with E-state index in [1.165, 1.54) is 9.13 Å². The van der Waals surface area contributed by atoms with Gasteiger partial charge in [-0.3, -0.25) is 13.9 Å². The standard InChI is InChI=1S/C24H32N4O4/c1-13(2)11-27-22(29)19(23(30)28(24(27)31)12-14(3)4)21-20-16(8-9-25-21)17-10-15(32-5)6-7-18(17)26-20/h6-7,10,13-14,21,25-26,29H,8-9,11-12H2,1-5H3/t21-/m1/s1. The second-order valence-electron chi connectivity index (χ2n) is 9.40. The molecule has 0 radical (unpaired) electrons. The Balaban J connectivity index is 1.96. The number of aromatic nitrogens is 3. The van der Waals surface area contributed by atoms with Crippen molar-refractivity contribution in [3.63, 3.8) is 0 Å². The van der Waals surface area contributed by atoms with E-state index in [9.17, 15) is 14.7 Å². The molecule has 0 unspecified atom stereocenters. The molecular weight excluding hydrogens is 408 g/mol. The molecule has 0 aliphatic carbocycles. The zero-order valence-electron chi connectivity index (χ0n) is 19.4. The van der Waals surface area contributed by atoms with E-state index >= 15 is 0 Å². The van der Waals surface area contributed by atoms with Crippen molar-refractivity contribution in [1.82, 2.24) is 19.4 Å². The maximum absolute atomic E-state index is 13.5. The highest BCUT2D eigenvalue weighted by molar-refractivity contribution is 5.86. The van der Waals surface area contributed by atoms with E-state index in [1.54, 1.807) is 7.11 Å². The summed E-state index contributed by atoms with van der Waals surface area (Å²) < 4.78 is 8.00. The average Bonchev–Trinajstić information content (AvgIpc) is 3.12. The highest BCUT2D eigenvalue weighted by atomic mass is 16.5. The van der Waals surface area contributed by atoms with Gasteiger partial charge < -0.3 is 20.1 Å². The van der Waals surface area contributed by atoms with Crippen LogP contribution in [0, 0.1) is 11.8 Å². The molecule has 4 rings (SSSR count). The summed E-state index contributed by atoms with van der Waals surface area (Å²) >= 11 is 0. The van der Waals surface area contributed by atoms with Crippen molar-refractivity contribution in [1.29, 1.82) is 0 Å². The fourth-order valence-corrected chi connectivity index (χ4v) is 4.60. The third kappa shape index (κ3) is 3.72. The highest BCUT2D eigenvalue weighted by Crippen LogP contribution is 2.36. The molecule has 1 aromatic carbocycles. The molecule has 0 amide bonds. The molecule has 1 aliphatic rings. The molecule has 0 saturated carbocycles. The first kappa shape index (κ1) is 22.2. The number of H-pyrrole nitrogens is 1. The van der Waals surface area contributed by atoms with Crippen LogP contribution in [0.2, 0.25) is 0 Å². The Morgan fingerprint density at radius 3 is 2.47 bits per heavy atom. The summed E-state index contributed by atoms with van der Waals surface area (Å²) in [5.41, 5.74) is 2.20. The quantitative estimate of drug-likeness (QED) is 0.547. The van der Waals surface area contributed by atoms with Gasteiger partial charge in [0.2, 0.25) is 5.88 Å². The number of hydrogen-bond acceptors (Lipinski definition) is 5. The molecule has 3 heterocycles. The van der Waals surface area contributed by atoms with E-state index in [2.05, 4.69) is 10.3 Å². The third-order valence-corrected chi connectivity index (χ3v) is 5.98. The number of aromatic amines is 1. The maximum Gasteiger partial charge on any atom is 0.333 e. The van der Waals surface area contributed by atoms with Crippen LogP contribution in [0.1, 0.15) is 50.6 Å². The highest BCUT2D eigenvalue weighted by Gasteiger charge is 2.32. The molecule has 3 aromatic rings. The van der Waals surface area contributed by atoms with Crippen molar-refractivity contribution >= 4 is 10.9 Å². The van der Waals surface area contributed by atoms with Gasteiger partial charge in [-0.1, -0.05) is 27.7 Å². The molecule has 172 valence electrons. The first-order valence-corrected chi connectivity index (χ1v) is 11.2. The molecular formula is C24H32N4O4. The van der Waals surface area contributed by atoms with Gasteiger partial charge >= 0.3 is 5.69 Å². The van der Waals surface area contributed by atoms with Crippen LogP contribution in [0.5, 0.6) is 11.6 Å². The number of ether oxygens (including phenoxy) is 1. The fraction of sp³-hybridized carbons (Fsp3) is 0.500. The molecule has 8 heteroatoms. The minimum atomic E-state index is -0.540. The Hall–Kier alpha value is -3.00. The molecule has 1 aliphatic heterocycles. The molecule has 0 bridgehead atoms. The van der Waals surface area contributed by atoms with Crippen molar-refractivity contribution in [2.45, 2.75) is 53.2 Å². The third-order valence-electron chi connectivity index (χ3n) is 5.98. The molecule has 3 N–H and O–H groups in total. The summed E-state index contributed by atoms with van der Waals surface area (Å²) in [6.07, 6.45) is 0.783. The number of hydrogen-bond donors (Lipinski definition) is 3. The first-order chi connectivity index (χ1) is 15.2. The van der Waals surface area contributed by atoms with Gasteiger partial charge in [0.1, 0.15) is 11.3 Å². The summed E-state index contributed by atoms with van der Waals surface area (Å²) in [7, 11) is 1.64. The van der Waals surface area contributed by atoms with Gasteiger partial charge in [-0.15, -0.1) is 0 Å². The Morgan fingerprint density at radius 2 is 1.81 bits per heavy atom. The Kier molecular flexibility index (Phi) is 5.90. The second kappa shape index (κ2) is 8.50. The Labute approximate surface area is 186 Å². The lowest BCUT2D eigenvalue weighted by molar-refractivity contribution is 0.343. The summed E-state index contributed by atoms with van der Waals surface area (Å²) in [5, 5.41) is 15.6. The predicted molar refractivity (Wildman–Crippen MR) is 125 cm³/mol. The van der Waals surface area contributed by atoms with Crippen LogP contribution in [-0.2, 0) is 19.5 Å². The van der Waals surface area contributed by atoms with E-state index in [1.807, 2.05) is 45.9 Å². The number of benzene rings is 1. The summed E-state index contributed by atoms with van der Waals surface area (Å²) in [6.45, 7) is 9.16. The van der Waals surface area contributed by atoms with Crippen molar-refractivity contribution in [3.05, 3.63) is 55.9 Å². The first-order valence-electron chi connectivity index (χ1n) is 11.2. The summed E-state index contributed by atoms with van der Waals surface area (Å²) in [4.78, 5) is 30.1. The average molecular weight is 441 g/mol. The Bertz CT molecular complexity index is 1270. The number of fused-ring (bicyclic) bond motifs is 3. The molecule has 0 saturated heterocycles. The van der Waals surface area contributed by atoms with Crippen molar-refractivity contribution in [2.24, 2.45) is 11.8 Å². The van der Waals surface area contributed by atoms with Crippen molar-refractivity contribution in [2.75, 3.05) is 13.7 Å². The number of nitrogens with one attached hydrogen (secondary N) is 2. The van der Waals surface area contributed by atoms with Crippen molar-refractivity contribution in [3.8, 4) is 11.6 Å². The van der Waals surface area contributed by atoms with E-state index in [-0.39, 0.29) is 23.3 Å². The van der Waals surface area contributed by atoms with E-state index in [4.69, 9.17) is 4.74 Å². The molecule has 0 spiro atoms. The molecule has 2 aromatic heterocycles. The van der Waals surface area contributed by atoms with E-state index in [0.717, 1.165) is 34.3 Å². The van der Waals surface area contributed by atoms with Gasteiger partial charge in [0, 0.05) is 36.2 Å². The van der Waals surface area contributed by atoms with Crippen LogP contribution in [0.25, 0.3) is 10.9 Å². The van der Waals surface area contributed by atoms with Gasteiger partial charge in [0.05, 0.1) is 13.2 Å². The molecule has 1 atom stereocenters.